The molecule has 0 atom stereocenters. The van der Waals surface area contributed by atoms with Crippen LogP contribution in [0.4, 0.5) is 4.39 Å². The zero-order chi connectivity index (χ0) is 18.4. The number of sulfone groups is 1. The average molecular weight is 363 g/mol. The van der Waals surface area contributed by atoms with Crippen LogP contribution in [-0.2, 0) is 9.84 Å². The zero-order valence-corrected chi connectivity index (χ0v) is 14.2. The summed E-state index contributed by atoms with van der Waals surface area (Å²) in [6.07, 6.45) is 3.06. The van der Waals surface area contributed by atoms with Crippen LogP contribution in [0.15, 0.2) is 35.5 Å². The Morgan fingerprint density at radius 1 is 1.36 bits per heavy atom. The molecule has 0 unspecified atom stereocenters. The van der Waals surface area contributed by atoms with E-state index < -0.39 is 21.6 Å². The van der Waals surface area contributed by atoms with Crippen molar-refractivity contribution in [2.45, 2.75) is 18.7 Å². The monoisotopic (exact) mass is 363 g/mol. The number of benzene rings is 1. The van der Waals surface area contributed by atoms with Crippen molar-refractivity contribution in [1.82, 2.24) is 14.6 Å². The van der Waals surface area contributed by atoms with Gasteiger partial charge in [-0.3, -0.25) is 0 Å². The van der Waals surface area contributed by atoms with Crippen molar-refractivity contribution >= 4 is 21.5 Å². The van der Waals surface area contributed by atoms with E-state index in [0.29, 0.717) is 0 Å². The van der Waals surface area contributed by atoms with Gasteiger partial charge in [0, 0.05) is 18.0 Å². The van der Waals surface area contributed by atoms with Crippen molar-refractivity contribution in [3.8, 4) is 11.3 Å². The molecule has 25 heavy (non-hydrogen) atoms. The van der Waals surface area contributed by atoms with Gasteiger partial charge < -0.3 is 5.11 Å². The van der Waals surface area contributed by atoms with Crippen molar-refractivity contribution in [3.63, 3.8) is 0 Å². The van der Waals surface area contributed by atoms with Gasteiger partial charge in [-0.15, -0.1) is 0 Å². The number of aryl methyl sites for hydroxylation is 1. The van der Waals surface area contributed by atoms with Gasteiger partial charge in [-0.1, -0.05) is 6.92 Å². The van der Waals surface area contributed by atoms with E-state index in [9.17, 15) is 22.7 Å². The summed E-state index contributed by atoms with van der Waals surface area (Å²) >= 11 is 0. The van der Waals surface area contributed by atoms with Crippen molar-refractivity contribution in [2.24, 2.45) is 0 Å². The number of carboxylic acid groups (broad SMARTS) is 1. The van der Waals surface area contributed by atoms with Gasteiger partial charge in [0.2, 0.25) is 0 Å². The Labute approximate surface area is 142 Å². The Morgan fingerprint density at radius 3 is 2.68 bits per heavy atom. The quantitative estimate of drug-likeness (QED) is 0.763. The van der Waals surface area contributed by atoms with E-state index in [-0.39, 0.29) is 33.1 Å². The molecule has 0 bridgehead atoms. The summed E-state index contributed by atoms with van der Waals surface area (Å²) < 4.78 is 39.5. The Hall–Kier alpha value is -2.81. The van der Waals surface area contributed by atoms with Crippen molar-refractivity contribution in [3.05, 3.63) is 47.5 Å². The lowest BCUT2D eigenvalue weighted by molar-refractivity contribution is 0.0699. The first-order valence-electron chi connectivity index (χ1n) is 7.35. The highest BCUT2D eigenvalue weighted by Crippen LogP contribution is 2.29. The Morgan fingerprint density at radius 2 is 2.08 bits per heavy atom. The van der Waals surface area contributed by atoms with E-state index in [2.05, 4.69) is 10.1 Å². The third-order valence-corrected chi connectivity index (χ3v) is 5.48. The maximum Gasteiger partial charge on any atom is 0.341 e. The van der Waals surface area contributed by atoms with E-state index in [4.69, 9.17) is 0 Å². The fourth-order valence-electron chi connectivity index (χ4n) is 2.46. The molecule has 0 saturated carbocycles. The molecule has 0 radical (unpaired) electrons. The molecule has 0 amide bonds. The predicted octanol–water partition coefficient (Wildman–Crippen LogP) is 2.34. The third kappa shape index (κ3) is 2.86. The SMILES string of the molecule is CCS(=O)(=O)c1ccc(-c2nn3cc(C)cnc3c2C(=O)O)c(F)c1. The van der Waals surface area contributed by atoms with Crippen LogP contribution in [0.25, 0.3) is 16.9 Å². The number of nitrogens with zero attached hydrogens (tertiary/aromatic N) is 3. The van der Waals surface area contributed by atoms with Gasteiger partial charge in [0.25, 0.3) is 0 Å². The summed E-state index contributed by atoms with van der Waals surface area (Å²) in [4.78, 5) is 15.5. The number of aromatic carboxylic acids is 1. The number of carboxylic acids is 1. The van der Waals surface area contributed by atoms with Crippen LogP contribution >= 0.6 is 0 Å². The summed E-state index contributed by atoms with van der Waals surface area (Å²) in [5.74, 6) is -2.33. The van der Waals surface area contributed by atoms with Crippen LogP contribution in [-0.4, -0.2) is 39.8 Å². The van der Waals surface area contributed by atoms with Crippen molar-refractivity contribution < 1.29 is 22.7 Å². The highest BCUT2D eigenvalue weighted by Gasteiger charge is 2.24. The second-order valence-corrected chi connectivity index (χ2v) is 7.75. The maximum atomic E-state index is 14.5. The summed E-state index contributed by atoms with van der Waals surface area (Å²) in [5.41, 5.74) is 0.380. The fraction of sp³-hybridized carbons (Fsp3) is 0.188. The van der Waals surface area contributed by atoms with Crippen LogP contribution in [0.1, 0.15) is 22.8 Å². The predicted molar refractivity (Wildman–Crippen MR) is 87.8 cm³/mol. The number of halogens is 1. The number of hydrogen-bond donors (Lipinski definition) is 1. The molecule has 0 aliphatic rings. The van der Waals surface area contributed by atoms with Crippen LogP contribution < -0.4 is 0 Å². The van der Waals surface area contributed by atoms with Crippen LogP contribution in [0, 0.1) is 12.7 Å². The fourth-order valence-corrected chi connectivity index (χ4v) is 3.35. The number of carbonyl (C=O) groups is 1. The molecule has 3 rings (SSSR count). The smallest absolute Gasteiger partial charge is 0.341 e. The molecule has 0 saturated heterocycles. The van der Waals surface area contributed by atoms with Gasteiger partial charge in [0.15, 0.2) is 15.5 Å². The molecule has 3 aromatic rings. The molecule has 9 heteroatoms. The van der Waals surface area contributed by atoms with Gasteiger partial charge in [-0.2, -0.15) is 5.10 Å². The lowest BCUT2D eigenvalue weighted by atomic mass is 10.1. The van der Waals surface area contributed by atoms with Crippen molar-refractivity contribution in [2.75, 3.05) is 5.75 Å². The van der Waals surface area contributed by atoms with Gasteiger partial charge in [-0.05, 0) is 30.7 Å². The van der Waals surface area contributed by atoms with E-state index in [1.54, 1.807) is 13.1 Å². The first-order valence-corrected chi connectivity index (χ1v) is 9.00. The minimum Gasteiger partial charge on any atom is -0.477 e. The highest BCUT2D eigenvalue weighted by molar-refractivity contribution is 7.91. The second-order valence-electron chi connectivity index (χ2n) is 5.47. The number of rotatable bonds is 4. The molecular formula is C16H14FN3O4S. The molecule has 0 aliphatic carbocycles. The van der Waals surface area contributed by atoms with Crippen molar-refractivity contribution in [1.29, 1.82) is 0 Å². The zero-order valence-electron chi connectivity index (χ0n) is 13.4. The van der Waals surface area contributed by atoms with Gasteiger partial charge in [0.05, 0.1) is 10.6 Å². The van der Waals surface area contributed by atoms with Gasteiger partial charge in [-0.25, -0.2) is 27.1 Å². The Bertz CT molecular complexity index is 1110. The summed E-state index contributed by atoms with van der Waals surface area (Å²) in [6.45, 7) is 3.22. The molecule has 1 aromatic carbocycles. The molecule has 2 aromatic heterocycles. The third-order valence-electron chi connectivity index (χ3n) is 3.75. The highest BCUT2D eigenvalue weighted by atomic mass is 32.2. The molecular weight excluding hydrogens is 349 g/mol. The molecule has 2 heterocycles. The second kappa shape index (κ2) is 5.92. The summed E-state index contributed by atoms with van der Waals surface area (Å²) in [7, 11) is -3.57. The molecule has 0 fully saturated rings. The number of aromatic nitrogens is 3. The minimum atomic E-state index is -3.57. The minimum absolute atomic E-state index is 0.0813. The van der Waals surface area contributed by atoms with Crippen LogP contribution in [0.5, 0.6) is 0 Å². The normalized spacial score (nSPS) is 11.8. The van der Waals surface area contributed by atoms with E-state index >= 15 is 0 Å². The van der Waals surface area contributed by atoms with E-state index in [1.807, 2.05) is 0 Å². The van der Waals surface area contributed by atoms with Gasteiger partial charge in [0.1, 0.15) is 17.1 Å². The molecule has 130 valence electrons. The lowest BCUT2D eigenvalue weighted by Crippen LogP contribution is -2.05. The molecule has 1 N–H and O–H groups in total. The Balaban J connectivity index is 2.26. The Kier molecular flexibility index (Phi) is 4.03. The summed E-state index contributed by atoms with van der Waals surface area (Å²) in [5, 5.41) is 13.6. The van der Waals surface area contributed by atoms with Crippen LogP contribution in [0.2, 0.25) is 0 Å². The largest absolute Gasteiger partial charge is 0.477 e. The van der Waals surface area contributed by atoms with Gasteiger partial charge >= 0.3 is 5.97 Å². The first-order chi connectivity index (χ1) is 11.7. The average Bonchev–Trinajstić information content (AvgIpc) is 2.92. The van der Waals surface area contributed by atoms with E-state index in [1.165, 1.54) is 29.8 Å². The molecule has 0 aliphatic heterocycles. The number of fused-ring (bicyclic) bond motifs is 1. The summed E-state index contributed by atoms with van der Waals surface area (Å²) in [6, 6.07) is 3.34. The van der Waals surface area contributed by atoms with Crippen LogP contribution in [0.3, 0.4) is 0 Å². The standard InChI is InChI=1S/C16H14FN3O4S/c1-3-25(23,24)10-4-5-11(12(17)6-10)14-13(16(21)22)15-18-7-9(2)8-20(15)19-14/h4-8H,3H2,1-2H3,(H,21,22). The molecule has 7 nitrogen and oxygen atoms in total. The maximum absolute atomic E-state index is 14.5. The topological polar surface area (TPSA) is 102 Å². The number of hydrogen-bond acceptors (Lipinski definition) is 5. The lowest BCUT2D eigenvalue weighted by Gasteiger charge is -2.05. The first kappa shape index (κ1) is 17.0. The van der Waals surface area contributed by atoms with E-state index in [0.717, 1.165) is 11.6 Å². The molecule has 0 spiro atoms.